The van der Waals surface area contributed by atoms with Crippen LogP contribution in [-0.4, -0.2) is 37.0 Å². The average molecular weight is 330 g/mol. The minimum absolute atomic E-state index is 0.0169. The van der Waals surface area contributed by atoms with Crippen molar-refractivity contribution in [2.45, 2.75) is 18.9 Å². The van der Waals surface area contributed by atoms with Crippen LogP contribution in [-0.2, 0) is 0 Å². The zero-order chi connectivity index (χ0) is 14.0. The maximum absolute atomic E-state index is 13.2. The van der Waals surface area contributed by atoms with E-state index >= 15 is 0 Å². The Morgan fingerprint density at radius 2 is 2.11 bits per heavy atom. The Morgan fingerprint density at radius 3 is 2.74 bits per heavy atom. The summed E-state index contributed by atoms with van der Waals surface area (Å²) in [5.41, 5.74) is 5.85. The highest BCUT2D eigenvalue weighted by molar-refractivity contribution is 9.10. The number of nitrogen functional groups attached to an aromatic ring is 1. The molecule has 1 aliphatic rings. The van der Waals surface area contributed by atoms with Gasteiger partial charge in [-0.15, -0.1) is 0 Å². The van der Waals surface area contributed by atoms with E-state index in [0.717, 1.165) is 25.9 Å². The van der Waals surface area contributed by atoms with Gasteiger partial charge in [-0.1, -0.05) is 0 Å². The van der Waals surface area contributed by atoms with Crippen LogP contribution in [0.15, 0.2) is 16.6 Å². The van der Waals surface area contributed by atoms with Crippen LogP contribution in [0.25, 0.3) is 0 Å². The number of amides is 1. The number of carbonyl (C=O) groups excluding carboxylic acids is 1. The first-order valence-corrected chi connectivity index (χ1v) is 7.00. The molecule has 1 aromatic rings. The summed E-state index contributed by atoms with van der Waals surface area (Å²) in [7, 11) is 2.06. The van der Waals surface area contributed by atoms with Crippen LogP contribution in [0.3, 0.4) is 0 Å². The van der Waals surface area contributed by atoms with E-state index in [1.807, 2.05) is 0 Å². The third-order valence-electron chi connectivity index (χ3n) is 3.38. The molecule has 4 nitrogen and oxygen atoms in total. The summed E-state index contributed by atoms with van der Waals surface area (Å²) < 4.78 is 13.7. The molecule has 0 spiro atoms. The summed E-state index contributed by atoms with van der Waals surface area (Å²) >= 11 is 3.19. The Hall–Kier alpha value is -1.14. The molecule has 19 heavy (non-hydrogen) atoms. The topological polar surface area (TPSA) is 58.4 Å². The van der Waals surface area contributed by atoms with Crippen LogP contribution in [0.2, 0.25) is 0 Å². The van der Waals surface area contributed by atoms with Gasteiger partial charge in [-0.05, 0) is 61.0 Å². The van der Waals surface area contributed by atoms with Crippen molar-refractivity contribution in [3.05, 3.63) is 28.0 Å². The Kier molecular flexibility index (Phi) is 4.42. The molecule has 3 N–H and O–H groups in total. The highest BCUT2D eigenvalue weighted by atomic mass is 79.9. The lowest BCUT2D eigenvalue weighted by molar-refractivity contribution is 0.0916. The smallest absolute Gasteiger partial charge is 0.252 e. The summed E-state index contributed by atoms with van der Waals surface area (Å²) in [6, 6.07) is 2.75. The van der Waals surface area contributed by atoms with E-state index < -0.39 is 5.82 Å². The van der Waals surface area contributed by atoms with Crippen molar-refractivity contribution in [1.82, 2.24) is 10.2 Å². The fourth-order valence-electron chi connectivity index (χ4n) is 2.16. The monoisotopic (exact) mass is 329 g/mol. The molecular weight excluding hydrogens is 313 g/mol. The van der Waals surface area contributed by atoms with Gasteiger partial charge in [0.1, 0.15) is 5.82 Å². The van der Waals surface area contributed by atoms with E-state index in [0.29, 0.717) is 10.0 Å². The van der Waals surface area contributed by atoms with Gasteiger partial charge >= 0.3 is 0 Å². The Bertz CT molecular complexity index is 487. The molecule has 0 atom stereocenters. The number of nitrogens with one attached hydrogen (secondary N) is 1. The van der Waals surface area contributed by atoms with Crippen molar-refractivity contribution in [3.63, 3.8) is 0 Å². The number of nitrogens with two attached hydrogens (primary N) is 1. The zero-order valence-electron chi connectivity index (χ0n) is 10.7. The maximum atomic E-state index is 13.2. The van der Waals surface area contributed by atoms with E-state index in [2.05, 4.69) is 33.2 Å². The second-order valence-corrected chi connectivity index (χ2v) is 5.76. The number of hydrogen-bond donors (Lipinski definition) is 2. The first-order chi connectivity index (χ1) is 8.97. The molecule has 104 valence electrons. The molecule has 0 saturated carbocycles. The lowest BCUT2D eigenvalue weighted by Gasteiger charge is -2.29. The van der Waals surface area contributed by atoms with Gasteiger partial charge < -0.3 is 16.0 Å². The zero-order valence-corrected chi connectivity index (χ0v) is 12.3. The number of rotatable bonds is 2. The normalized spacial score (nSPS) is 17.4. The SMILES string of the molecule is CN1CCC(NC(=O)c2cc(N)c(F)cc2Br)CC1. The summed E-state index contributed by atoms with van der Waals surface area (Å²) in [4.78, 5) is 14.4. The lowest BCUT2D eigenvalue weighted by atomic mass is 10.0. The van der Waals surface area contributed by atoms with E-state index in [1.165, 1.54) is 12.1 Å². The fraction of sp³-hybridized carbons (Fsp3) is 0.462. The van der Waals surface area contributed by atoms with Gasteiger partial charge in [0.15, 0.2) is 0 Å². The minimum atomic E-state index is -0.525. The number of benzene rings is 1. The Balaban J connectivity index is 2.06. The number of hydrogen-bond acceptors (Lipinski definition) is 3. The van der Waals surface area contributed by atoms with E-state index in [1.54, 1.807) is 0 Å². The fourth-order valence-corrected chi connectivity index (χ4v) is 2.65. The van der Waals surface area contributed by atoms with Crippen molar-refractivity contribution in [1.29, 1.82) is 0 Å². The number of carbonyl (C=O) groups is 1. The van der Waals surface area contributed by atoms with Gasteiger partial charge in [0, 0.05) is 10.5 Å². The largest absolute Gasteiger partial charge is 0.396 e. The maximum Gasteiger partial charge on any atom is 0.252 e. The van der Waals surface area contributed by atoms with Crippen LogP contribution in [0.5, 0.6) is 0 Å². The molecular formula is C13H17BrFN3O. The quantitative estimate of drug-likeness (QED) is 0.816. The number of nitrogens with zero attached hydrogens (tertiary/aromatic N) is 1. The highest BCUT2D eigenvalue weighted by Crippen LogP contribution is 2.23. The molecule has 0 radical (unpaired) electrons. The molecule has 1 aromatic carbocycles. The summed E-state index contributed by atoms with van der Waals surface area (Å²) in [5, 5.41) is 2.97. The standard InChI is InChI=1S/C13H17BrFN3O/c1-18-4-2-8(3-5-18)17-13(19)9-6-12(16)11(15)7-10(9)14/h6-8H,2-5,16H2,1H3,(H,17,19). The van der Waals surface area contributed by atoms with Gasteiger partial charge in [0.2, 0.25) is 0 Å². The second kappa shape index (κ2) is 5.88. The summed E-state index contributed by atoms with van der Waals surface area (Å²) in [6.07, 6.45) is 1.85. The molecule has 0 aromatic heterocycles. The molecule has 6 heteroatoms. The highest BCUT2D eigenvalue weighted by Gasteiger charge is 2.20. The van der Waals surface area contributed by atoms with Crippen LogP contribution >= 0.6 is 15.9 Å². The molecule has 1 amide bonds. The third kappa shape index (κ3) is 3.45. The number of piperidine rings is 1. The van der Waals surface area contributed by atoms with Gasteiger partial charge in [-0.25, -0.2) is 4.39 Å². The van der Waals surface area contributed by atoms with Gasteiger partial charge in [-0.3, -0.25) is 4.79 Å². The Labute approximate surface area is 120 Å². The molecule has 1 fully saturated rings. The van der Waals surface area contributed by atoms with Crippen molar-refractivity contribution in [2.75, 3.05) is 25.9 Å². The van der Waals surface area contributed by atoms with Crippen molar-refractivity contribution in [2.24, 2.45) is 0 Å². The first-order valence-electron chi connectivity index (χ1n) is 6.21. The van der Waals surface area contributed by atoms with Gasteiger partial charge in [0.25, 0.3) is 5.91 Å². The molecule has 0 unspecified atom stereocenters. The number of anilines is 1. The van der Waals surface area contributed by atoms with E-state index in [9.17, 15) is 9.18 Å². The van der Waals surface area contributed by atoms with E-state index in [4.69, 9.17) is 5.73 Å². The van der Waals surface area contributed by atoms with E-state index in [-0.39, 0.29) is 17.6 Å². The number of likely N-dealkylation sites (tertiary alicyclic amines) is 1. The van der Waals surface area contributed by atoms with Gasteiger partial charge in [0.05, 0.1) is 11.3 Å². The van der Waals surface area contributed by atoms with Crippen LogP contribution in [0.1, 0.15) is 23.2 Å². The third-order valence-corrected chi connectivity index (χ3v) is 4.04. The summed E-state index contributed by atoms with van der Waals surface area (Å²) in [6.45, 7) is 1.94. The van der Waals surface area contributed by atoms with Crippen LogP contribution in [0.4, 0.5) is 10.1 Å². The molecule has 1 saturated heterocycles. The molecule has 1 aliphatic heterocycles. The first kappa shape index (κ1) is 14.3. The number of halogens is 2. The molecule has 2 rings (SSSR count). The lowest BCUT2D eigenvalue weighted by Crippen LogP contribution is -2.43. The molecule has 0 aliphatic carbocycles. The van der Waals surface area contributed by atoms with Crippen molar-refractivity contribution >= 4 is 27.5 Å². The average Bonchev–Trinajstić information content (AvgIpc) is 2.36. The molecule has 0 bridgehead atoms. The second-order valence-electron chi connectivity index (χ2n) is 4.90. The van der Waals surface area contributed by atoms with Crippen LogP contribution < -0.4 is 11.1 Å². The summed E-state index contributed by atoms with van der Waals surface area (Å²) in [5.74, 6) is -0.740. The molecule has 1 heterocycles. The van der Waals surface area contributed by atoms with Crippen molar-refractivity contribution < 1.29 is 9.18 Å². The predicted molar refractivity (Wildman–Crippen MR) is 76.5 cm³/mol. The van der Waals surface area contributed by atoms with Gasteiger partial charge in [-0.2, -0.15) is 0 Å². The minimum Gasteiger partial charge on any atom is -0.396 e. The van der Waals surface area contributed by atoms with Crippen molar-refractivity contribution in [3.8, 4) is 0 Å². The predicted octanol–water partition coefficient (Wildman–Crippen LogP) is 1.99. The van der Waals surface area contributed by atoms with Crippen LogP contribution in [0, 0.1) is 5.82 Å². The Morgan fingerprint density at radius 1 is 1.47 bits per heavy atom.